The second kappa shape index (κ2) is 8.66. The van der Waals surface area contributed by atoms with Crippen molar-refractivity contribution < 1.29 is 27.8 Å². The first-order valence-corrected chi connectivity index (χ1v) is 8.91. The molecule has 2 aromatic heterocycles. The third-order valence-corrected chi connectivity index (χ3v) is 4.57. The number of anilines is 1. The van der Waals surface area contributed by atoms with Crippen LogP contribution in [0.25, 0.3) is 0 Å². The number of rotatable bonds is 7. The fourth-order valence-corrected chi connectivity index (χ4v) is 3.17. The first-order chi connectivity index (χ1) is 13.5. The molecular formula is C19H16F2N2O4S. The van der Waals surface area contributed by atoms with E-state index in [0.717, 1.165) is 11.3 Å². The summed E-state index contributed by atoms with van der Waals surface area (Å²) in [5.74, 6) is 0.550. The number of alkyl halides is 2. The van der Waals surface area contributed by atoms with Gasteiger partial charge >= 0.3 is 6.61 Å². The standard InChI is InChI=1S/C19H16F2N2O4S/c1-11-10-15(27-19(20)21)16(28-11)17(24)23-14-4-3-9-22-18(14)26-13-7-5-12(25-2)6-8-13/h3-10,19H,1-2H3,(H,23,24). The van der Waals surface area contributed by atoms with Gasteiger partial charge in [0.05, 0.1) is 7.11 Å². The molecule has 1 amide bonds. The van der Waals surface area contributed by atoms with Crippen LogP contribution in [0.15, 0.2) is 48.7 Å². The normalized spacial score (nSPS) is 10.6. The van der Waals surface area contributed by atoms with Crippen LogP contribution in [0.2, 0.25) is 0 Å². The molecular weight excluding hydrogens is 390 g/mol. The number of amides is 1. The third-order valence-electron chi connectivity index (χ3n) is 3.54. The lowest BCUT2D eigenvalue weighted by molar-refractivity contribution is -0.0498. The molecule has 1 aromatic carbocycles. The van der Waals surface area contributed by atoms with Gasteiger partial charge in [0.2, 0.25) is 5.88 Å². The number of halogens is 2. The number of nitrogens with zero attached hydrogens (tertiary/aromatic N) is 1. The van der Waals surface area contributed by atoms with E-state index in [-0.39, 0.29) is 22.2 Å². The van der Waals surface area contributed by atoms with Gasteiger partial charge in [-0.15, -0.1) is 11.3 Å². The highest BCUT2D eigenvalue weighted by atomic mass is 32.1. The number of methoxy groups -OCH3 is 1. The number of thiophene rings is 1. The molecule has 0 bridgehead atoms. The van der Waals surface area contributed by atoms with E-state index in [2.05, 4.69) is 15.0 Å². The SMILES string of the molecule is COc1ccc(Oc2ncccc2NC(=O)c2sc(C)cc2OC(F)F)cc1. The van der Waals surface area contributed by atoms with E-state index in [0.29, 0.717) is 16.4 Å². The summed E-state index contributed by atoms with van der Waals surface area (Å²) in [6.45, 7) is -1.32. The molecule has 2 heterocycles. The maximum absolute atomic E-state index is 12.6. The van der Waals surface area contributed by atoms with Crippen LogP contribution in [0.3, 0.4) is 0 Å². The Hall–Kier alpha value is -3.20. The van der Waals surface area contributed by atoms with Crippen molar-refractivity contribution in [2.75, 3.05) is 12.4 Å². The number of aromatic nitrogens is 1. The third kappa shape index (κ3) is 4.74. The first-order valence-electron chi connectivity index (χ1n) is 8.10. The van der Waals surface area contributed by atoms with Crippen LogP contribution in [0, 0.1) is 6.92 Å². The minimum Gasteiger partial charge on any atom is -0.497 e. The van der Waals surface area contributed by atoms with E-state index in [1.54, 1.807) is 50.4 Å². The summed E-state index contributed by atoms with van der Waals surface area (Å²) in [5, 5.41) is 2.63. The molecule has 3 rings (SSSR count). The average Bonchev–Trinajstić information content (AvgIpc) is 3.03. The molecule has 146 valence electrons. The summed E-state index contributed by atoms with van der Waals surface area (Å²) >= 11 is 1.05. The predicted molar refractivity (Wildman–Crippen MR) is 101 cm³/mol. The van der Waals surface area contributed by atoms with Gasteiger partial charge in [-0.3, -0.25) is 4.79 Å². The Morgan fingerprint density at radius 2 is 1.89 bits per heavy atom. The molecule has 3 aromatic rings. The summed E-state index contributed by atoms with van der Waals surface area (Å²) < 4.78 is 40.4. The Kier molecular flexibility index (Phi) is 6.05. The number of aryl methyl sites for hydroxylation is 1. The van der Waals surface area contributed by atoms with Crippen molar-refractivity contribution in [2.24, 2.45) is 0 Å². The van der Waals surface area contributed by atoms with E-state index in [9.17, 15) is 13.6 Å². The molecule has 28 heavy (non-hydrogen) atoms. The molecule has 0 aliphatic rings. The van der Waals surface area contributed by atoms with Gasteiger partial charge in [0.25, 0.3) is 5.91 Å². The molecule has 0 fully saturated rings. The number of ether oxygens (including phenoxy) is 3. The first kappa shape index (κ1) is 19.6. The summed E-state index contributed by atoms with van der Waals surface area (Å²) in [5.41, 5.74) is 0.289. The van der Waals surface area contributed by atoms with Crippen LogP contribution in [0.4, 0.5) is 14.5 Å². The lowest BCUT2D eigenvalue weighted by Gasteiger charge is -2.11. The largest absolute Gasteiger partial charge is 0.497 e. The molecule has 0 saturated heterocycles. The summed E-state index contributed by atoms with van der Waals surface area (Å²) in [6, 6.07) is 11.4. The molecule has 0 spiro atoms. The van der Waals surface area contributed by atoms with Gasteiger partial charge in [0, 0.05) is 11.1 Å². The van der Waals surface area contributed by atoms with E-state index in [1.807, 2.05) is 0 Å². The second-order valence-electron chi connectivity index (χ2n) is 5.52. The number of carbonyl (C=O) groups is 1. The Morgan fingerprint density at radius 1 is 1.18 bits per heavy atom. The molecule has 0 atom stereocenters. The Labute approximate surface area is 163 Å². The Morgan fingerprint density at radius 3 is 2.57 bits per heavy atom. The number of carbonyl (C=O) groups excluding carboxylic acids is 1. The highest BCUT2D eigenvalue weighted by Crippen LogP contribution is 2.33. The van der Waals surface area contributed by atoms with Gasteiger partial charge < -0.3 is 19.5 Å². The van der Waals surface area contributed by atoms with Crippen LogP contribution in [-0.2, 0) is 0 Å². The quantitative estimate of drug-likeness (QED) is 0.591. The average molecular weight is 406 g/mol. The second-order valence-corrected chi connectivity index (χ2v) is 6.77. The molecule has 0 unspecified atom stereocenters. The maximum Gasteiger partial charge on any atom is 0.387 e. The van der Waals surface area contributed by atoms with Crippen molar-refractivity contribution in [3.63, 3.8) is 0 Å². The molecule has 9 heteroatoms. The van der Waals surface area contributed by atoms with E-state index in [4.69, 9.17) is 9.47 Å². The number of pyridine rings is 1. The van der Waals surface area contributed by atoms with E-state index in [1.165, 1.54) is 12.3 Å². The molecule has 0 aliphatic carbocycles. The van der Waals surface area contributed by atoms with Crippen molar-refractivity contribution >= 4 is 22.9 Å². The summed E-state index contributed by atoms with van der Waals surface area (Å²) in [7, 11) is 1.56. The zero-order valence-corrected chi connectivity index (χ0v) is 15.8. The van der Waals surface area contributed by atoms with Gasteiger partial charge in [-0.05, 0) is 49.4 Å². The topological polar surface area (TPSA) is 69.7 Å². The number of nitrogens with one attached hydrogen (secondary N) is 1. The Balaban J connectivity index is 1.80. The van der Waals surface area contributed by atoms with Gasteiger partial charge in [-0.25, -0.2) is 4.98 Å². The van der Waals surface area contributed by atoms with Crippen LogP contribution in [0.1, 0.15) is 14.5 Å². The van der Waals surface area contributed by atoms with E-state index >= 15 is 0 Å². The minimum absolute atomic E-state index is 0.0389. The predicted octanol–water partition coefficient (Wildman–Crippen LogP) is 5.11. The van der Waals surface area contributed by atoms with Gasteiger partial charge in [0.1, 0.15) is 27.8 Å². The lowest BCUT2D eigenvalue weighted by Crippen LogP contribution is -2.13. The van der Waals surface area contributed by atoms with E-state index < -0.39 is 12.5 Å². The summed E-state index contributed by atoms with van der Waals surface area (Å²) in [4.78, 5) is 17.4. The zero-order valence-electron chi connectivity index (χ0n) is 14.9. The number of hydrogen-bond acceptors (Lipinski definition) is 6. The molecule has 1 N–H and O–H groups in total. The van der Waals surface area contributed by atoms with Gasteiger partial charge in [0.15, 0.2) is 0 Å². The molecule has 0 saturated carbocycles. The maximum atomic E-state index is 12.6. The smallest absolute Gasteiger partial charge is 0.387 e. The van der Waals surface area contributed by atoms with Crippen molar-refractivity contribution in [1.29, 1.82) is 0 Å². The number of hydrogen-bond donors (Lipinski definition) is 1. The monoisotopic (exact) mass is 406 g/mol. The van der Waals surface area contributed by atoms with Gasteiger partial charge in [-0.2, -0.15) is 8.78 Å². The van der Waals surface area contributed by atoms with Crippen LogP contribution in [0.5, 0.6) is 23.1 Å². The lowest BCUT2D eigenvalue weighted by atomic mass is 10.3. The minimum atomic E-state index is -3.02. The highest BCUT2D eigenvalue weighted by molar-refractivity contribution is 7.14. The Bertz CT molecular complexity index is 961. The molecule has 6 nitrogen and oxygen atoms in total. The van der Waals surface area contributed by atoms with Crippen molar-refractivity contribution in [3.8, 4) is 23.1 Å². The fourth-order valence-electron chi connectivity index (χ4n) is 2.33. The van der Waals surface area contributed by atoms with Crippen LogP contribution in [-0.4, -0.2) is 24.6 Å². The molecule has 0 radical (unpaired) electrons. The summed E-state index contributed by atoms with van der Waals surface area (Å²) in [6.07, 6.45) is 1.51. The molecule has 0 aliphatic heterocycles. The van der Waals surface area contributed by atoms with Crippen molar-refractivity contribution in [1.82, 2.24) is 4.98 Å². The van der Waals surface area contributed by atoms with Crippen molar-refractivity contribution in [2.45, 2.75) is 13.5 Å². The number of benzene rings is 1. The van der Waals surface area contributed by atoms with Crippen LogP contribution < -0.4 is 19.5 Å². The fraction of sp³-hybridized carbons (Fsp3) is 0.158. The van der Waals surface area contributed by atoms with Gasteiger partial charge in [-0.1, -0.05) is 0 Å². The van der Waals surface area contributed by atoms with Crippen LogP contribution >= 0.6 is 11.3 Å². The highest BCUT2D eigenvalue weighted by Gasteiger charge is 2.21. The van der Waals surface area contributed by atoms with Crippen molar-refractivity contribution in [3.05, 3.63) is 58.4 Å². The zero-order chi connectivity index (χ0) is 20.1.